The van der Waals surface area contributed by atoms with Gasteiger partial charge in [0.2, 0.25) is 0 Å². The zero-order valence-corrected chi connectivity index (χ0v) is 9.09. The van der Waals surface area contributed by atoms with Gasteiger partial charge in [-0.2, -0.15) is 0 Å². The first-order chi connectivity index (χ1) is 5.61. The second kappa shape index (κ2) is 4.01. The number of thiophene rings is 1. The summed E-state index contributed by atoms with van der Waals surface area (Å²) < 4.78 is 5.40. The topological polar surface area (TPSA) is 9.23 Å². The number of hydrogen-bond acceptors (Lipinski definition) is 3. The van der Waals surface area contributed by atoms with Gasteiger partial charge in [-0.1, -0.05) is 13.8 Å². The highest BCUT2D eigenvalue weighted by atomic mass is 32.1. The minimum atomic E-state index is 0.501. The molecule has 0 N–H and O–H groups in total. The van der Waals surface area contributed by atoms with E-state index in [1.807, 2.05) is 5.38 Å². The first kappa shape index (κ1) is 9.68. The van der Waals surface area contributed by atoms with E-state index in [9.17, 15) is 0 Å². The van der Waals surface area contributed by atoms with Crippen molar-refractivity contribution in [3.05, 3.63) is 17.0 Å². The number of rotatable bonds is 2. The minimum absolute atomic E-state index is 0.501. The summed E-state index contributed by atoms with van der Waals surface area (Å²) >= 11 is 6.47. The average Bonchev–Trinajstić information content (AvgIpc) is 2.33. The number of hydrogen-bond donors (Lipinski definition) is 0. The molecule has 1 aromatic heterocycles. The Balaban J connectivity index is 2.84. The summed E-state index contributed by atoms with van der Waals surface area (Å²) in [6.45, 7) is 6.08. The summed E-state index contributed by atoms with van der Waals surface area (Å²) in [5, 5.41) is 3.56. The Bertz CT molecular complexity index is 276. The van der Waals surface area contributed by atoms with Gasteiger partial charge in [-0.05, 0) is 29.6 Å². The van der Waals surface area contributed by atoms with E-state index in [2.05, 4.69) is 19.9 Å². The summed E-state index contributed by atoms with van der Waals surface area (Å²) in [6.07, 6.45) is 0. The molecule has 1 aromatic rings. The van der Waals surface area contributed by atoms with Gasteiger partial charge in [0.25, 0.3) is 0 Å². The Morgan fingerprint density at radius 2 is 2.25 bits per heavy atom. The Morgan fingerprint density at radius 1 is 1.58 bits per heavy atom. The molecule has 0 radical (unpaired) electrons. The van der Waals surface area contributed by atoms with Crippen molar-refractivity contribution in [3.8, 4) is 5.06 Å². The molecule has 0 aliphatic rings. The molecule has 0 spiro atoms. The zero-order chi connectivity index (χ0) is 9.14. The molecule has 66 valence electrons. The van der Waals surface area contributed by atoms with E-state index in [1.54, 1.807) is 18.3 Å². The molecule has 0 bridgehead atoms. The van der Waals surface area contributed by atoms with Gasteiger partial charge in [0, 0.05) is 12.5 Å². The molecule has 0 unspecified atom stereocenters. The second-order valence-corrected chi connectivity index (χ2v) is 4.37. The molecule has 1 nitrogen and oxygen atoms in total. The lowest BCUT2D eigenvalue weighted by Crippen LogP contribution is -1.99. The Kier molecular flexibility index (Phi) is 3.23. The van der Waals surface area contributed by atoms with Crippen molar-refractivity contribution in [2.45, 2.75) is 26.7 Å². The molecular weight excluding hydrogens is 188 g/mol. The van der Waals surface area contributed by atoms with E-state index >= 15 is 0 Å². The number of thiocarbonyl (C=S) groups is 1. The molecule has 1 rings (SSSR count). The predicted octanol–water partition coefficient (Wildman–Crippen LogP) is 3.60. The van der Waals surface area contributed by atoms with Crippen LogP contribution in [-0.4, -0.2) is 5.05 Å². The first-order valence-corrected chi connectivity index (χ1v) is 5.16. The molecule has 12 heavy (non-hydrogen) atoms. The smallest absolute Gasteiger partial charge is 0.185 e. The average molecular weight is 200 g/mol. The van der Waals surface area contributed by atoms with Crippen molar-refractivity contribution in [2.24, 2.45) is 0 Å². The zero-order valence-electron chi connectivity index (χ0n) is 7.46. The molecule has 0 amide bonds. The third kappa shape index (κ3) is 2.29. The summed E-state index contributed by atoms with van der Waals surface area (Å²) in [4.78, 5) is 0. The maximum atomic E-state index is 5.40. The van der Waals surface area contributed by atoms with E-state index in [1.165, 1.54) is 5.56 Å². The minimum Gasteiger partial charge on any atom is -0.440 e. The van der Waals surface area contributed by atoms with Crippen molar-refractivity contribution < 1.29 is 4.74 Å². The fourth-order valence-electron chi connectivity index (χ4n) is 0.947. The highest BCUT2D eigenvalue weighted by Crippen LogP contribution is 2.32. The normalized spacial score (nSPS) is 10.3. The third-order valence-corrected chi connectivity index (χ3v) is 2.41. The highest BCUT2D eigenvalue weighted by molar-refractivity contribution is 7.80. The van der Waals surface area contributed by atoms with Crippen LogP contribution in [0.3, 0.4) is 0 Å². The molecule has 0 atom stereocenters. The van der Waals surface area contributed by atoms with Gasteiger partial charge in [0.15, 0.2) is 10.1 Å². The summed E-state index contributed by atoms with van der Waals surface area (Å²) in [7, 11) is 0. The van der Waals surface area contributed by atoms with Crippen LogP contribution in [0.15, 0.2) is 11.4 Å². The summed E-state index contributed by atoms with van der Waals surface area (Å²) in [5.74, 6) is 0.501. The molecule has 0 aliphatic carbocycles. The lowest BCUT2D eigenvalue weighted by molar-refractivity contribution is 0.564. The molecule has 0 saturated heterocycles. The van der Waals surface area contributed by atoms with Gasteiger partial charge >= 0.3 is 0 Å². The molecule has 0 fully saturated rings. The Hall–Kier alpha value is -0.410. The van der Waals surface area contributed by atoms with Gasteiger partial charge in [-0.3, -0.25) is 0 Å². The van der Waals surface area contributed by atoms with Crippen LogP contribution < -0.4 is 4.74 Å². The summed E-state index contributed by atoms with van der Waals surface area (Å²) in [6, 6.07) is 2.09. The lowest BCUT2D eigenvalue weighted by atomic mass is 10.1. The van der Waals surface area contributed by atoms with Crippen molar-refractivity contribution in [1.82, 2.24) is 0 Å². The second-order valence-electron chi connectivity index (χ2n) is 2.91. The fraction of sp³-hybridized carbons (Fsp3) is 0.444. The Labute approximate surface area is 82.4 Å². The van der Waals surface area contributed by atoms with Crippen LogP contribution in [0.25, 0.3) is 0 Å². The quantitative estimate of drug-likeness (QED) is 0.675. The van der Waals surface area contributed by atoms with E-state index < -0.39 is 0 Å². The van der Waals surface area contributed by atoms with Crippen molar-refractivity contribution in [3.63, 3.8) is 0 Å². The van der Waals surface area contributed by atoms with Crippen LogP contribution in [0.4, 0.5) is 0 Å². The molecule has 1 heterocycles. The van der Waals surface area contributed by atoms with E-state index in [-0.39, 0.29) is 0 Å². The summed E-state index contributed by atoms with van der Waals surface area (Å²) in [5.41, 5.74) is 1.24. The van der Waals surface area contributed by atoms with Crippen LogP contribution in [0.5, 0.6) is 5.06 Å². The fourth-order valence-corrected chi connectivity index (χ4v) is 2.03. The van der Waals surface area contributed by atoms with Crippen molar-refractivity contribution in [2.75, 3.05) is 0 Å². The standard InChI is InChI=1S/C9H12OS2/c1-6(2)8-4-5-12-9(8)10-7(3)11/h4-6H,1-3H3. The van der Waals surface area contributed by atoms with E-state index in [0.29, 0.717) is 11.0 Å². The van der Waals surface area contributed by atoms with Crippen LogP contribution in [0, 0.1) is 0 Å². The third-order valence-electron chi connectivity index (χ3n) is 1.52. The van der Waals surface area contributed by atoms with Gasteiger partial charge in [0.1, 0.15) is 0 Å². The van der Waals surface area contributed by atoms with E-state index in [0.717, 1.165) is 5.06 Å². The van der Waals surface area contributed by atoms with Crippen LogP contribution in [0.2, 0.25) is 0 Å². The van der Waals surface area contributed by atoms with Crippen LogP contribution >= 0.6 is 23.6 Å². The maximum Gasteiger partial charge on any atom is 0.185 e. The van der Waals surface area contributed by atoms with Gasteiger partial charge < -0.3 is 4.74 Å². The van der Waals surface area contributed by atoms with Crippen LogP contribution in [0.1, 0.15) is 32.3 Å². The largest absolute Gasteiger partial charge is 0.440 e. The molecule has 3 heteroatoms. The molecular formula is C9H12OS2. The predicted molar refractivity (Wildman–Crippen MR) is 57.3 cm³/mol. The SMILES string of the molecule is CC(=S)Oc1sccc1C(C)C. The molecule has 0 saturated carbocycles. The van der Waals surface area contributed by atoms with E-state index in [4.69, 9.17) is 17.0 Å². The maximum absolute atomic E-state index is 5.40. The van der Waals surface area contributed by atoms with Crippen molar-refractivity contribution in [1.29, 1.82) is 0 Å². The number of ether oxygens (including phenoxy) is 1. The first-order valence-electron chi connectivity index (χ1n) is 3.87. The lowest BCUT2D eigenvalue weighted by Gasteiger charge is -2.06. The van der Waals surface area contributed by atoms with Crippen LogP contribution in [-0.2, 0) is 0 Å². The van der Waals surface area contributed by atoms with Gasteiger partial charge in [-0.15, -0.1) is 11.3 Å². The monoisotopic (exact) mass is 200 g/mol. The highest BCUT2D eigenvalue weighted by Gasteiger charge is 2.09. The molecule has 0 aliphatic heterocycles. The Morgan fingerprint density at radius 3 is 2.75 bits per heavy atom. The van der Waals surface area contributed by atoms with Crippen molar-refractivity contribution >= 4 is 28.6 Å². The van der Waals surface area contributed by atoms with Gasteiger partial charge in [-0.25, -0.2) is 0 Å². The van der Waals surface area contributed by atoms with Gasteiger partial charge in [0.05, 0.1) is 0 Å². The molecule has 0 aromatic carbocycles.